The molecule has 3 heteroatoms. The van der Waals surface area contributed by atoms with E-state index in [0.717, 1.165) is 19.4 Å². The van der Waals surface area contributed by atoms with Crippen molar-refractivity contribution in [1.29, 1.82) is 0 Å². The summed E-state index contributed by atoms with van der Waals surface area (Å²) in [5, 5.41) is 0. The zero-order valence-corrected chi connectivity index (χ0v) is 7.17. The van der Waals surface area contributed by atoms with Crippen molar-refractivity contribution in [3.8, 4) is 0 Å². The van der Waals surface area contributed by atoms with Gasteiger partial charge >= 0.3 is 0 Å². The van der Waals surface area contributed by atoms with Crippen LogP contribution >= 0.6 is 22.6 Å². The maximum Gasteiger partial charge on any atom is 0.226 e. The number of nitrogens with zero attached hydrogens (tertiary/aromatic N) is 1. The molecule has 0 radical (unpaired) electrons. The highest BCUT2D eigenvalue weighted by Crippen LogP contribution is 2.09. The minimum absolute atomic E-state index is 0.253. The molecule has 0 saturated carbocycles. The summed E-state index contributed by atoms with van der Waals surface area (Å²) in [6.07, 6.45) is 3.57. The third-order valence-corrected chi connectivity index (χ3v) is 1.67. The first-order valence-corrected chi connectivity index (χ1v) is 4.15. The lowest BCUT2D eigenvalue weighted by Crippen LogP contribution is -2.16. The lowest BCUT2D eigenvalue weighted by atomic mass is 10.4. The van der Waals surface area contributed by atoms with Crippen LogP contribution in [-0.2, 0) is 4.79 Å². The van der Waals surface area contributed by atoms with Crippen LogP contribution in [0.5, 0.6) is 0 Å². The van der Waals surface area contributed by atoms with Gasteiger partial charge < -0.3 is 4.90 Å². The van der Waals surface area contributed by atoms with Crippen molar-refractivity contribution >= 4 is 28.5 Å². The van der Waals surface area contributed by atoms with Crippen LogP contribution in [0.2, 0.25) is 0 Å². The lowest BCUT2D eigenvalue weighted by molar-refractivity contribution is -0.125. The van der Waals surface area contributed by atoms with Crippen LogP contribution in [0.3, 0.4) is 0 Å². The standard InChI is InChI=1S/C6H8INO/c7-3-5-8-4-1-2-6(8)9/h3,5H,1-2,4H2/b5-3+. The van der Waals surface area contributed by atoms with E-state index >= 15 is 0 Å². The molecule has 0 N–H and O–H groups in total. The van der Waals surface area contributed by atoms with Crippen LogP contribution < -0.4 is 0 Å². The Labute approximate surface area is 68.1 Å². The second-order valence-corrected chi connectivity index (χ2v) is 2.68. The summed E-state index contributed by atoms with van der Waals surface area (Å²) in [5.74, 6) is 0.253. The maximum absolute atomic E-state index is 10.8. The van der Waals surface area contributed by atoms with Crippen LogP contribution in [0, 0.1) is 0 Å². The highest BCUT2D eigenvalue weighted by molar-refractivity contribution is 14.1. The number of likely N-dealkylation sites (tertiary alicyclic amines) is 1. The van der Waals surface area contributed by atoms with Crippen LogP contribution in [0.4, 0.5) is 0 Å². The Morgan fingerprint density at radius 3 is 2.89 bits per heavy atom. The molecule has 0 bridgehead atoms. The van der Waals surface area contributed by atoms with Crippen molar-refractivity contribution in [2.24, 2.45) is 0 Å². The van der Waals surface area contributed by atoms with Gasteiger partial charge in [-0.25, -0.2) is 0 Å². The molecule has 0 spiro atoms. The molecule has 1 fully saturated rings. The fourth-order valence-electron chi connectivity index (χ4n) is 0.895. The third-order valence-electron chi connectivity index (χ3n) is 1.35. The largest absolute Gasteiger partial charge is 0.319 e. The van der Waals surface area contributed by atoms with E-state index in [1.54, 1.807) is 4.90 Å². The molecule has 0 atom stereocenters. The summed E-state index contributed by atoms with van der Waals surface area (Å²) in [7, 11) is 0. The first-order valence-electron chi connectivity index (χ1n) is 2.91. The van der Waals surface area contributed by atoms with E-state index in [9.17, 15) is 4.79 Å². The fourth-order valence-corrected chi connectivity index (χ4v) is 1.28. The fraction of sp³-hybridized carbons (Fsp3) is 0.500. The minimum atomic E-state index is 0.253. The van der Waals surface area contributed by atoms with Crippen molar-refractivity contribution < 1.29 is 4.79 Å². The predicted octanol–water partition coefficient (Wildman–Crippen LogP) is 1.52. The van der Waals surface area contributed by atoms with Gasteiger partial charge in [0.05, 0.1) is 0 Å². The zero-order chi connectivity index (χ0) is 6.69. The number of rotatable bonds is 1. The summed E-state index contributed by atoms with van der Waals surface area (Å²) in [6, 6.07) is 0. The molecular formula is C6H8INO. The van der Waals surface area contributed by atoms with Gasteiger partial charge in [-0.2, -0.15) is 0 Å². The molecule has 1 aliphatic rings. The lowest BCUT2D eigenvalue weighted by Gasteiger charge is -2.06. The van der Waals surface area contributed by atoms with E-state index in [1.165, 1.54) is 0 Å². The van der Waals surface area contributed by atoms with Crippen molar-refractivity contribution in [1.82, 2.24) is 4.90 Å². The maximum atomic E-state index is 10.8. The topological polar surface area (TPSA) is 20.3 Å². The van der Waals surface area contributed by atoms with Crippen molar-refractivity contribution in [3.05, 3.63) is 10.3 Å². The average Bonchev–Trinajstić information content (AvgIpc) is 2.18. The predicted molar refractivity (Wildman–Crippen MR) is 44.1 cm³/mol. The molecule has 0 aromatic rings. The summed E-state index contributed by atoms with van der Waals surface area (Å²) >= 11 is 2.11. The Hall–Kier alpha value is -0.0600. The molecule has 0 unspecified atom stereocenters. The molecule has 1 rings (SSSR count). The highest BCUT2D eigenvalue weighted by Gasteiger charge is 2.16. The van der Waals surface area contributed by atoms with Crippen LogP contribution in [0.1, 0.15) is 12.8 Å². The number of amides is 1. The molecule has 1 heterocycles. The highest BCUT2D eigenvalue weighted by atomic mass is 127. The van der Waals surface area contributed by atoms with E-state index in [4.69, 9.17) is 0 Å². The van der Waals surface area contributed by atoms with Crippen LogP contribution in [0.15, 0.2) is 10.3 Å². The molecule has 1 aliphatic heterocycles. The molecule has 0 aromatic carbocycles. The van der Waals surface area contributed by atoms with Crippen LogP contribution in [0.25, 0.3) is 0 Å². The summed E-state index contributed by atoms with van der Waals surface area (Å²) in [6.45, 7) is 0.901. The van der Waals surface area contributed by atoms with E-state index in [-0.39, 0.29) is 5.91 Å². The Kier molecular flexibility index (Phi) is 2.50. The van der Waals surface area contributed by atoms with Crippen LogP contribution in [-0.4, -0.2) is 17.4 Å². The number of carbonyl (C=O) groups is 1. The molecule has 0 aromatic heterocycles. The Bertz CT molecular complexity index is 144. The number of halogens is 1. The molecule has 50 valence electrons. The van der Waals surface area contributed by atoms with Gasteiger partial charge in [0, 0.05) is 19.2 Å². The number of hydrogen-bond acceptors (Lipinski definition) is 1. The summed E-state index contributed by atoms with van der Waals surface area (Å²) in [4.78, 5) is 12.6. The van der Waals surface area contributed by atoms with Crippen molar-refractivity contribution in [3.63, 3.8) is 0 Å². The van der Waals surface area contributed by atoms with Gasteiger partial charge in [0.25, 0.3) is 0 Å². The van der Waals surface area contributed by atoms with Crippen molar-refractivity contribution in [2.45, 2.75) is 12.8 Å². The molecule has 1 saturated heterocycles. The summed E-state index contributed by atoms with van der Waals surface area (Å²) < 4.78 is 1.86. The quantitative estimate of drug-likeness (QED) is 0.633. The summed E-state index contributed by atoms with van der Waals surface area (Å²) in [5.41, 5.74) is 0. The van der Waals surface area contributed by atoms with Gasteiger partial charge in [0.1, 0.15) is 0 Å². The first-order chi connectivity index (χ1) is 4.34. The molecule has 9 heavy (non-hydrogen) atoms. The Morgan fingerprint density at radius 2 is 2.44 bits per heavy atom. The van der Waals surface area contributed by atoms with Gasteiger partial charge in [-0.05, 0) is 10.5 Å². The first kappa shape index (κ1) is 7.05. The normalized spacial score (nSPS) is 20.1. The second kappa shape index (κ2) is 3.20. The Morgan fingerprint density at radius 1 is 1.67 bits per heavy atom. The third kappa shape index (κ3) is 1.67. The zero-order valence-electron chi connectivity index (χ0n) is 5.01. The van der Waals surface area contributed by atoms with Gasteiger partial charge in [-0.3, -0.25) is 4.79 Å². The van der Waals surface area contributed by atoms with E-state index < -0.39 is 0 Å². The van der Waals surface area contributed by atoms with E-state index in [1.807, 2.05) is 10.3 Å². The van der Waals surface area contributed by atoms with Crippen molar-refractivity contribution in [2.75, 3.05) is 6.54 Å². The van der Waals surface area contributed by atoms with Gasteiger partial charge in [0.15, 0.2) is 0 Å². The van der Waals surface area contributed by atoms with Gasteiger partial charge in [-0.1, -0.05) is 22.6 Å². The second-order valence-electron chi connectivity index (χ2n) is 1.97. The van der Waals surface area contributed by atoms with E-state index in [0.29, 0.717) is 0 Å². The van der Waals surface area contributed by atoms with Gasteiger partial charge in [-0.15, -0.1) is 0 Å². The Balaban J connectivity index is 2.49. The molecule has 1 amide bonds. The number of carbonyl (C=O) groups excluding carboxylic acids is 1. The SMILES string of the molecule is O=C1CCCN1/C=C/I. The molecular weight excluding hydrogens is 229 g/mol. The molecule has 2 nitrogen and oxygen atoms in total. The number of hydrogen-bond donors (Lipinski definition) is 0. The smallest absolute Gasteiger partial charge is 0.226 e. The van der Waals surface area contributed by atoms with E-state index in [2.05, 4.69) is 22.6 Å². The van der Waals surface area contributed by atoms with Gasteiger partial charge in [0.2, 0.25) is 5.91 Å². The monoisotopic (exact) mass is 237 g/mol. The molecule has 0 aliphatic carbocycles. The minimum Gasteiger partial charge on any atom is -0.319 e. The average molecular weight is 237 g/mol.